The van der Waals surface area contributed by atoms with E-state index in [1.54, 1.807) is 0 Å². The number of phosphoric ester groups is 1. The highest BCUT2D eigenvalue weighted by atomic mass is 31.2. The quantitative estimate of drug-likeness (QED) is 0.0262. The van der Waals surface area contributed by atoms with E-state index >= 15 is 0 Å². The summed E-state index contributed by atoms with van der Waals surface area (Å²) in [6.07, 6.45) is 31.6. The molecule has 0 aromatic rings. The number of rotatable bonds is 35. The maximum atomic E-state index is 12.0. The van der Waals surface area contributed by atoms with Crippen molar-refractivity contribution in [2.24, 2.45) is 0 Å². The van der Waals surface area contributed by atoms with E-state index in [9.17, 15) is 24.2 Å². The topological polar surface area (TPSA) is 131 Å². The lowest BCUT2D eigenvalue weighted by molar-refractivity contribution is -0.147. The van der Waals surface area contributed by atoms with Crippen LogP contribution in [0.1, 0.15) is 174 Å². The van der Waals surface area contributed by atoms with Crippen molar-refractivity contribution in [2.75, 3.05) is 26.4 Å². The Morgan fingerprint density at radius 1 is 0.652 bits per heavy atom. The van der Waals surface area contributed by atoms with Gasteiger partial charge in [-0.25, -0.2) is 4.57 Å². The third-order valence-electron chi connectivity index (χ3n) is 7.95. The molecule has 46 heavy (non-hydrogen) atoms. The molecule has 0 aliphatic heterocycles. The molecule has 0 radical (unpaired) electrons. The monoisotopic (exact) mass is 675 g/mol. The first kappa shape index (κ1) is 44.8. The number of esters is 1. The Kier molecular flexibility index (Phi) is 32.7. The first-order valence-electron chi connectivity index (χ1n) is 18.7. The molecule has 0 rings (SSSR count). The maximum Gasteiger partial charge on any atom is 0.472 e. The van der Waals surface area contributed by atoms with Crippen molar-refractivity contribution in [2.45, 2.75) is 180 Å². The molecule has 272 valence electrons. The minimum Gasteiger partial charge on any atom is -0.463 e. The van der Waals surface area contributed by atoms with Crippen LogP contribution in [0.3, 0.4) is 0 Å². The number of amides is 1. The van der Waals surface area contributed by atoms with Crippen LogP contribution in [0.15, 0.2) is 12.2 Å². The Bertz CT molecular complexity index is 779. The van der Waals surface area contributed by atoms with Gasteiger partial charge in [0.05, 0.1) is 13.2 Å². The van der Waals surface area contributed by atoms with Gasteiger partial charge in [-0.15, -0.1) is 0 Å². The minimum absolute atomic E-state index is 0.0838. The second kappa shape index (κ2) is 33.6. The third kappa shape index (κ3) is 34.1. The molecule has 0 bridgehead atoms. The zero-order valence-corrected chi connectivity index (χ0v) is 30.4. The number of allylic oxidation sites excluding steroid dienone is 2. The molecule has 0 heterocycles. The number of nitrogens with one attached hydrogen (secondary N) is 1. The summed E-state index contributed by atoms with van der Waals surface area (Å²) in [5, 5.41) is 12.6. The van der Waals surface area contributed by atoms with E-state index in [0.29, 0.717) is 6.42 Å². The molecule has 0 aromatic carbocycles. The number of carbonyl (C=O) groups excluding carboxylic acids is 2. The lowest BCUT2D eigenvalue weighted by Gasteiger charge is -2.15. The predicted octanol–water partition coefficient (Wildman–Crippen LogP) is 9.49. The number of carbonyl (C=O) groups is 2. The number of phosphoric acid groups is 1. The van der Waals surface area contributed by atoms with Crippen molar-refractivity contribution in [3.8, 4) is 0 Å². The lowest BCUT2D eigenvalue weighted by atomic mass is 10.1. The van der Waals surface area contributed by atoms with Crippen LogP contribution in [0.4, 0.5) is 0 Å². The van der Waals surface area contributed by atoms with Gasteiger partial charge in [-0.05, 0) is 38.5 Å². The Balaban J connectivity index is 3.59. The van der Waals surface area contributed by atoms with E-state index in [1.165, 1.54) is 109 Å². The Morgan fingerprint density at radius 3 is 1.63 bits per heavy atom. The zero-order chi connectivity index (χ0) is 34.0. The van der Waals surface area contributed by atoms with E-state index in [1.807, 2.05) is 0 Å². The van der Waals surface area contributed by atoms with Crippen LogP contribution in [0.5, 0.6) is 0 Å². The Morgan fingerprint density at radius 2 is 1.11 bits per heavy atom. The zero-order valence-electron chi connectivity index (χ0n) is 29.5. The smallest absolute Gasteiger partial charge is 0.463 e. The van der Waals surface area contributed by atoms with Gasteiger partial charge in [-0.3, -0.25) is 18.6 Å². The molecule has 3 N–H and O–H groups in total. The van der Waals surface area contributed by atoms with Crippen molar-refractivity contribution in [1.82, 2.24) is 5.32 Å². The fourth-order valence-corrected chi connectivity index (χ4v) is 5.84. The van der Waals surface area contributed by atoms with Gasteiger partial charge >= 0.3 is 13.8 Å². The van der Waals surface area contributed by atoms with Crippen LogP contribution >= 0.6 is 7.82 Å². The van der Waals surface area contributed by atoms with Gasteiger partial charge in [0.1, 0.15) is 12.7 Å². The summed E-state index contributed by atoms with van der Waals surface area (Å²) in [5.41, 5.74) is 0. The number of ether oxygens (including phenoxy) is 1. The fourth-order valence-electron chi connectivity index (χ4n) is 5.08. The second-order valence-corrected chi connectivity index (χ2v) is 14.0. The molecular weight excluding hydrogens is 605 g/mol. The molecule has 0 aromatic heterocycles. The summed E-state index contributed by atoms with van der Waals surface area (Å²) in [5.74, 6) is -0.524. The molecule has 0 saturated carbocycles. The minimum atomic E-state index is -4.40. The van der Waals surface area contributed by atoms with Gasteiger partial charge in [0.2, 0.25) is 5.91 Å². The van der Waals surface area contributed by atoms with Gasteiger partial charge in [0.25, 0.3) is 0 Å². The van der Waals surface area contributed by atoms with Crippen molar-refractivity contribution < 1.29 is 37.9 Å². The largest absolute Gasteiger partial charge is 0.472 e. The second-order valence-electron chi connectivity index (χ2n) is 12.6. The van der Waals surface area contributed by atoms with Gasteiger partial charge < -0.3 is 20.1 Å². The number of hydrogen-bond donors (Lipinski definition) is 3. The van der Waals surface area contributed by atoms with Crippen molar-refractivity contribution in [3.63, 3.8) is 0 Å². The summed E-state index contributed by atoms with van der Waals surface area (Å²) in [7, 11) is -4.40. The van der Waals surface area contributed by atoms with E-state index in [0.717, 1.165) is 38.5 Å². The number of hydrogen-bond acceptors (Lipinski definition) is 7. The molecule has 2 unspecified atom stereocenters. The summed E-state index contributed by atoms with van der Waals surface area (Å²) in [4.78, 5) is 33.6. The molecule has 0 spiro atoms. The van der Waals surface area contributed by atoms with Gasteiger partial charge in [0, 0.05) is 19.4 Å². The standard InChI is InChI=1S/C36H70NO8P/c1-3-5-7-9-11-12-13-14-15-16-17-18-19-20-21-23-25-27-29-36(40)43-32-34(38)33-45-46(41,42)44-31-30-37-35(39)28-26-24-22-10-8-6-4-2/h15-16,34,38H,3-14,17-33H2,1-2H3,(H,37,39)(H,41,42)/b16-15-. The first-order chi connectivity index (χ1) is 22.3. The normalized spacial score (nSPS) is 13.6. The number of aliphatic hydroxyl groups excluding tert-OH is 1. The van der Waals surface area contributed by atoms with Crippen LogP contribution < -0.4 is 5.32 Å². The fraction of sp³-hybridized carbons (Fsp3) is 0.889. The van der Waals surface area contributed by atoms with Crippen LogP contribution in [0.2, 0.25) is 0 Å². The number of aliphatic hydroxyl groups is 1. The van der Waals surface area contributed by atoms with Gasteiger partial charge in [0.15, 0.2) is 0 Å². The van der Waals surface area contributed by atoms with Crippen molar-refractivity contribution >= 4 is 19.7 Å². The predicted molar refractivity (Wildman–Crippen MR) is 188 cm³/mol. The van der Waals surface area contributed by atoms with E-state index in [2.05, 4.69) is 31.3 Å². The molecule has 9 nitrogen and oxygen atoms in total. The third-order valence-corrected chi connectivity index (χ3v) is 8.93. The van der Waals surface area contributed by atoms with Crippen molar-refractivity contribution in [1.29, 1.82) is 0 Å². The SMILES string of the molecule is CCCCCCCCC/C=C\CCCCCCCCCC(=O)OCC(O)COP(=O)(O)OCCNC(=O)CCCCCCCCC. The summed E-state index contributed by atoms with van der Waals surface area (Å²) in [6, 6.07) is 0. The van der Waals surface area contributed by atoms with Crippen LogP contribution in [0.25, 0.3) is 0 Å². The highest BCUT2D eigenvalue weighted by Crippen LogP contribution is 2.42. The Labute approximate surface area is 281 Å². The molecule has 0 fully saturated rings. The highest BCUT2D eigenvalue weighted by molar-refractivity contribution is 7.47. The molecular formula is C36H70NO8P. The van der Waals surface area contributed by atoms with E-state index < -0.39 is 26.5 Å². The molecule has 0 aliphatic carbocycles. The molecule has 1 amide bonds. The van der Waals surface area contributed by atoms with E-state index in [-0.39, 0.29) is 32.1 Å². The lowest BCUT2D eigenvalue weighted by Crippen LogP contribution is -2.27. The van der Waals surface area contributed by atoms with Crippen molar-refractivity contribution in [3.05, 3.63) is 12.2 Å². The molecule has 0 aliphatic rings. The average Bonchev–Trinajstić information content (AvgIpc) is 3.04. The van der Waals surface area contributed by atoms with Crippen LogP contribution in [-0.2, 0) is 27.9 Å². The molecule has 2 atom stereocenters. The Hall–Kier alpha value is -1.25. The number of unbranched alkanes of at least 4 members (excludes halogenated alkanes) is 20. The maximum absolute atomic E-state index is 12.0. The van der Waals surface area contributed by atoms with Crippen LogP contribution in [-0.4, -0.2) is 54.3 Å². The summed E-state index contributed by atoms with van der Waals surface area (Å²) < 4.78 is 26.7. The summed E-state index contributed by atoms with van der Waals surface area (Å²) >= 11 is 0. The first-order valence-corrected chi connectivity index (χ1v) is 20.2. The average molecular weight is 676 g/mol. The van der Waals surface area contributed by atoms with Gasteiger partial charge in [-0.1, -0.05) is 135 Å². The molecule has 10 heteroatoms. The summed E-state index contributed by atoms with van der Waals surface area (Å²) in [6.45, 7) is 3.50. The van der Waals surface area contributed by atoms with Crippen LogP contribution in [0, 0.1) is 0 Å². The molecule has 0 saturated heterocycles. The highest BCUT2D eigenvalue weighted by Gasteiger charge is 2.23. The van der Waals surface area contributed by atoms with E-state index in [4.69, 9.17) is 13.8 Å². The van der Waals surface area contributed by atoms with Gasteiger partial charge in [-0.2, -0.15) is 0 Å².